The minimum atomic E-state index is -0.527. The monoisotopic (exact) mass is 344 g/mol. The minimum absolute atomic E-state index is 0.110. The van der Waals surface area contributed by atoms with Crippen molar-refractivity contribution in [1.29, 1.82) is 0 Å². The first-order valence-electron chi connectivity index (χ1n) is 7.49. The molecule has 0 aliphatic heterocycles. The van der Waals surface area contributed by atoms with Crippen molar-refractivity contribution in [2.45, 2.75) is 18.5 Å². The number of urea groups is 1. The fourth-order valence-corrected chi connectivity index (χ4v) is 2.74. The maximum atomic E-state index is 11.7. The molecule has 1 aromatic heterocycles. The van der Waals surface area contributed by atoms with Crippen molar-refractivity contribution < 1.29 is 9.59 Å². The number of aryl methyl sites for hydroxylation is 1. The molecule has 0 unspecified atom stereocenters. The van der Waals surface area contributed by atoms with Crippen LogP contribution in [0.3, 0.4) is 0 Å². The molecule has 1 aromatic carbocycles. The topological polar surface area (TPSA) is 86.9 Å². The number of thioether (sulfide) groups is 1. The van der Waals surface area contributed by atoms with Gasteiger partial charge >= 0.3 is 6.03 Å². The first-order valence-corrected chi connectivity index (χ1v) is 8.48. The Labute approximate surface area is 145 Å². The standard InChI is InChI=1S/C17H20N4O2S/c1-3-9-18-16(23)21-15(22)11-24-17-19-12(2)14(20-17)10-13-7-5-4-6-8-13/h3-8H,1,9-11H2,2H3,(H,19,20)(H2,18,21,22,23). The van der Waals surface area contributed by atoms with Crippen LogP contribution in [0, 0.1) is 6.92 Å². The predicted molar refractivity (Wildman–Crippen MR) is 95.0 cm³/mol. The quantitative estimate of drug-likeness (QED) is 0.532. The van der Waals surface area contributed by atoms with E-state index in [1.54, 1.807) is 6.08 Å². The zero-order valence-corrected chi connectivity index (χ0v) is 14.3. The first kappa shape index (κ1) is 17.8. The van der Waals surface area contributed by atoms with E-state index < -0.39 is 6.03 Å². The number of benzene rings is 1. The minimum Gasteiger partial charge on any atom is -0.337 e. The SMILES string of the molecule is C=CCNC(=O)NC(=O)CSc1nc(Cc2ccccc2)c(C)[nH]1. The summed E-state index contributed by atoms with van der Waals surface area (Å²) in [7, 11) is 0. The summed E-state index contributed by atoms with van der Waals surface area (Å²) in [5.74, 6) is -0.264. The number of aromatic amines is 1. The van der Waals surface area contributed by atoms with E-state index >= 15 is 0 Å². The smallest absolute Gasteiger partial charge is 0.321 e. The molecule has 0 atom stereocenters. The molecule has 1 heterocycles. The van der Waals surface area contributed by atoms with Gasteiger partial charge in [-0.05, 0) is 12.5 Å². The normalized spacial score (nSPS) is 10.2. The van der Waals surface area contributed by atoms with E-state index in [9.17, 15) is 9.59 Å². The summed E-state index contributed by atoms with van der Waals surface area (Å²) in [6.45, 7) is 5.75. The molecule has 2 rings (SSSR count). The summed E-state index contributed by atoms with van der Waals surface area (Å²) in [5.41, 5.74) is 3.11. The molecule has 0 aliphatic carbocycles. The third-order valence-electron chi connectivity index (χ3n) is 3.18. The van der Waals surface area contributed by atoms with Crippen LogP contribution in [0.2, 0.25) is 0 Å². The van der Waals surface area contributed by atoms with E-state index in [-0.39, 0.29) is 11.7 Å². The van der Waals surface area contributed by atoms with Gasteiger partial charge < -0.3 is 10.3 Å². The highest BCUT2D eigenvalue weighted by molar-refractivity contribution is 7.99. The molecular formula is C17H20N4O2S. The van der Waals surface area contributed by atoms with Crippen molar-refractivity contribution in [3.8, 4) is 0 Å². The lowest BCUT2D eigenvalue weighted by molar-refractivity contribution is -0.117. The molecule has 24 heavy (non-hydrogen) atoms. The van der Waals surface area contributed by atoms with Crippen molar-refractivity contribution in [2.75, 3.05) is 12.3 Å². The van der Waals surface area contributed by atoms with E-state index in [4.69, 9.17) is 0 Å². The number of nitrogens with one attached hydrogen (secondary N) is 3. The lowest BCUT2D eigenvalue weighted by Crippen LogP contribution is -2.40. The Morgan fingerprint density at radius 3 is 2.79 bits per heavy atom. The Morgan fingerprint density at radius 2 is 2.08 bits per heavy atom. The number of aromatic nitrogens is 2. The van der Waals surface area contributed by atoms with Crippen LogP contribution in [0.4, 0.5) is 4.79 Å². The summed E-state index contributed by atoms with van der Waals surface area (Å²) in [5, 5.41) is 5.39. The molecule has 3 N–H and O–H groups in total. The third kappa shape index (κ3) is 5.58. The second-order valence-electron chi connectivity index (χ2n) is 5.11. The van der Waals surface area contributed by atoms with Crippen LogP contribution in [0.5, 0.6) is 0 Å². The first-order chi connectivity index (χ1) is 11.6. The molecule has 0 fully saturated rings. The third-order valence-corrected chi connectivity index (χ3v) is 4.05. The van der Waals surface area contributed by atoms with Crippen molar-refractivity contribution >= 4 is 23.7 Å². The number of H-pyrrole nitrogens is 1. The second-order valence-corrected chi connectivity index (χ2v) is 6.08. The summed E-state index contributed by atoms with van der Waals surface area (Å²) in [6, 6.07) is 9.54. The van der Waals surface area contributed by atoms with Crippen molar-refractivity contribution in [1.82, 2.24) is 20.6 Å². The number of carbonyl (C=O) groups is 2. The van der Waals surface area contributed by atoms with Crippen LogP contribution < -0.4 is 10.6 Å². The fourth-order valence-electron chi connectivity index (χ4n) is 2.00. The van der Waals surface area contributed by atoms with E-state index in [0.717, 1.165) is 17.8 Å². The Hall–Kier alpha value is -2.54. The average Bonchev–Trinajstić information content (AvgIpc) is 2.92. The van der Waals surface area contributed by atoms with Gasteiger partial charge in [-0.25, -0.2) is 9.78 Å². The zero-order valence-electron chi connectivity index (χ0n) is 13.5. The van der Waals surface area contributed by atoms with Gasteiger partial charge in [-0.2, -0.15) is 0 Å². The van der Waals surface area contributed by atoms with Gasteiger partial charge in [0.15, 0.2) is 5.16 Å². The number of imidazole rings is 1. The Kier molecular flexibility index (Phi) is 6.62. The Morgan fingerprint density at radius 1 is 1.33 bits per heavy atom. The van der Waals surface area contributed by atoms with Crippen LogP contribution in [0.15, 0.2) is 48.1 Å². The largest absolute Gasteiger partial charge is 0.337 e. The number of imide groups is 1. The molecule has 0 bridgehead atoms. The molecule has 0 saturated heterocycles. The van der Waals surface area contributed by atoms with Gasteiger partial charge in [0.1, 0.15) is 0 Å². The maximum absolute atomic E-state index is 11.7. The van der Waals surface area contributed by atoms with E-state index in [0.29, 0.717) is 11.7 Å². The second kappa shape index (κ2) is 8.93. The van der Waals surface area contributed by atoms with Crippen molar-refractivity contribution in [2.24, 2.45) is 0 Å². The molecule has 6 nitrogen and oxygen atoms in total. The number of rotatable bonds is 7. The number of amides is 3. The van der Waals surface area contributed by atoms with Gasteiger partial charge in [0.25, 0.3) is 0 Å². The van der Waals surface area contributed by atoms with E-state index in [1.165, 1.54) is 17.3 Å². The summed E-state index contributed by atoms with van der Waals surface area (Å²) < 4.78 is 0. The average molecular weight is 344 g/mol. The molecule has 0 spiro atoms. The highest BCUT2D eigenvalue weighted by atomic mass is 32.2. The maximum Gasteiger partial charge on any atom is 0.321 e. The zero-order chi connectivity index (χ0) is 17.4. The van der Waals surface area contributed by atoms with Gasteiger partial charge in [-0.1, -0.05) is 48.2 Å². The van der Waals surface area contributed by atoms with Gasteiger partial charge in [0, 0.05) is 18.7 Å². The van der Waals surface area contributed by atoms with E-state index in [1.807, 2.05) is 25.1 Å². The lowest BCUT2D eigenvalue weighted by Gasteiger charge is -2.03. The van der Waals surface area contributed by atoms with Crippen molar-refractivity contribution in [3.63, 3.8) is 0 Å². The highest BCUT2D eigenvalue weighted by Crippen LogP contribution is 2.18. The van der Waals surface area contributed by atoms with Gasteiger partial charge in [-0.3, -0.25) is 10.1 Å². The summed E-state index contributed by atoms with van der Waals surface area (Å²) in [4.78, 5) is 30.8. The van der Waals surface area contributed by atoms with Crippen LogP contribution in [-0.4, -0.2) is 34.2 Å². The van der Waals surface area contributed by atoms with Crippen LogP contribution >= 0.6 is 11.8 Å². The van der Waals surface area contributed by atoms with Crippen LogP contribution in [0.25, 0.3) is 0 Å². The molecule has 7 heteroatoms. The predicted octanol–water partition coefficient (Wildman–Crippen LogP) is 2.41. The molecule has 3 amide bonds. The molecule has 126 valence electrons. The van der Waals surface area contributed by atoms with Crippen LogP contribution in [-0.2, 0) is 11.2 Å². The number of carbonyl (C=O) groups excluding carboxylic acids is 2. The number of nitrogens with zero attached hydrogens (tertiary/aromatic N) is 1. The van der Waals surface area contributed by atoms with E-state index in [2.05, 4.69) is 39.3 Å². The highest BCUT2D eigenvalue weighted by Gasteiger charge is 2.11. The van der Waals surface area contributed by atoms with Gasteiger partial charge in [0.2, 0.25) is 5.91 Å². The molecular weight excluding hydrogens is 324 g/mol. The lowest BCUT2D eigenvalue weighted by atomic mass is 10.1. The van der Waals surface area contributed by atoms with Gasteiger partial charge in [-0.15, -0.1) is 6.58 Å². The van der Waals surface area contributed by atoms with Crippen molar-refractivity contribution in [3.05, 3.63) is 59.9 Å². The van der Waals surface area contributed by atoms with Gasteiger partial charge in [0.05, 0.1) is 11.4 Å². The Balaban J connectivity index is 1.85. The molecule has 0 saturated carbocycles. The number of hydrogen-bond acceptors (Lipinski definition) is 4. The molecule has 0 aliphatic rings. The fraction of sp³-hybridized carbons (Fsp3) is 0.235. The van der Waals surface area contributed by atoms with Crippen LogP contribution in [0.1, 0.15) is 17.0 Å². The number of hydrogen-bond donors (Lipinski definition) is 3. The summed E-state index contributed by atoms with van der Waals surface area (Å²) in [6.07, 6.45) is 2.28. The summed E-state index contributed by atoms with van der Waals surface area (Å²) >= 11 is 1.26. The Bertz CT molecular complexity index is 713. The molecule has 0 radical (unpaired) electrons. The molecule has 2 aromatic rings.